The van der Waals surface area contributed by atoms with Crippen LogP contribution >= 0.6 is 11.6 Å². The van der Waals surface area contributed by atoms with Gasteiger partial charge in [0.15, 0.2) is 0 Å². The third-order valence-corrected chi connectivity index (χ3v) is 2.88. The van der Waals surface area contributed by atoms with E-state index >= 15 is 0 Å². The van der Waals surface area contributed by atoms with E-state index in [0.717, 1.165) is 0 Å². The van der Waals surface area contributed by atoms with Crippen molar-refractivity contribution in [1.29, 1.82) is 0 Å². The van der Waals surface area contributed by atoms with Crippen LogP contribution in [-0.2, 0) is 6.54 Å². The number of aryl methyl sites for hydroxylation is 1. The van der Waals surface area contributed by atoms with E-state index in [4.69, 9.17) is 11.6 Å². The summed E-state index contributed by atoms with van der Waals surface area (Å²) in [4.78, 5) is 14.0. The van der Waals surface area contributed by atoms with Crippen LogP contribution in [0.5, 0.6) is 0 Å². The molecule has 0 aliphatic rings. The van der Waals surface area contributed by atoms with Crippen molar-refractivity contribution in [1.82, 2.24) is 9.47 Å². The van der Waals surface area contributed by atoms with E-state index in [-0.39, 0.29) is 5.91 Å². The number of aliphatic hydroxyl groups is 1. The third kappa shape index (κ3) is 3.75. The Morgan fingerprint density at radius 3 is 2.56 bits per heavy atom. The lowest BCUT2D eigenvalue weighted by atomic mass is 10.1. The highest BCUT2D eigenvalue weighted by atomic mass is 35.5. The molecular formula is C13H21ClN2O2. The van der Waals surface area contributed by atoms with Crippen molar-refractivity contribution in [3.05, 3.63) is 23.0 Å². The van der Waals surface area contributed by atoms with E-state index in [9.17, 15) is 9.90 Å². The minimum Gasteiger partial charge on any atom is -0.389 e. The van der Waals surface area contributed by atoms with E-state index in [2.05, 4.69) is 0 Å². The Kier molecular flexibility index (Phi) is 4.82. The highest BCUT2D eigenvalue weighted by Gasteiger charge is 2.24. The minimum absolute atomic E-state index is 0.103. The molecule has 1 aromatic rings. The fourth-order valence-corrected chi connectivity index (χ4v) is 2.09. The molecule has 0 saturated heterocycles. The van der Waals surface area contributed by atoms with Gasteiger partial charge in [0.1, 0.15) is 5.69 Å². The number of amides is 1. The number of aromatic nitrogens is 1. The molecule has 1 aromatic heterocycles. The molecule has 0 aromatic carbocycles. The molecule has 0 atom stereocenters. The first-order chi connectivity index (χ1) is 8.28. The molecule has 1 N–H and O–H groups in total. The van der Waals surface area contributed by atoms with Crippen LogP contribution in [0.3, 0.4) is 0 Å². The van der Waals surface area contributed by atoms with Gasteiger partial charge in [-0.3, -0.25) is 4.79 Å². The molecule has 0 fully saturated rings. The SMILES string of the molecule is CCN(CC(C)(C)O)C(=O)c1cc(Cl)cn1CC. The third-order valence-electron chi connectivity index (χ3n) is 2.67. The number of rotatable bonds is 5. The molecule has 1 amide bonds. The standard InChI is InChI=1S/C13H21ClN2O2/c1-5-15-8-10(14)7-11(15)12(17)16(6-2)9-13(3,4)18/h7-8,18H,5-6,9H2,1-4H3. The number of hydrogen-bond acceptors (Lipinski definition) is 2. The summed E-state index contributed by atoms with van der Waals surface area (Å²) in [5.74, 6) is -0.103. The number of carbonyl (C=O) groups excluding carboxylic acids is 1. The van der Waals surface area contributed by atoms with Crippen LogP contribution in [0.1, 0.15) is 38.2 Å². The van der Waals surface area contributed by atoms with E-state index < -0.39 is 5.60 Å². The zero-order valence-electron chi connectivity index (χ0n) is 11.4. The predicted octanol–water partition coefficient (Wildman–Crippen LogP) is 2.39. The first-order valence-corrected chi connectivity index (χ1v) is 6.53. The number of likely N-dealkylation sites (N-methyl/N-ethyl adjacent to an activating group) is 1. The fourth-order valence-electron chi connectivity index (χ4n) is 1.87. The maximum Gasteiger partial charge on any atom is 0.270 e. The highest BCUT2D eigenvalue weighted by molar-refractivity contribution is 6.31. The molecule has 0 bridgehead atoms. The van der Waals surface area contributed by atoms with Gasteiger partial charge in [-0.15, -0.1) is 0 Å². The summed E-state index contributed by atoms with van der Waals surface area (Å²) in [7, 11) is 0. The van der Waals surface area contributed by atoms with Gasteiger partial charge in [0.05, 0.1) is 10.6 Å². The highest BCUT2D eigenvalue weighted by Crippen LogP contribution is 2.17. The summed E-state index contributed by atoms with van der Waals surface area (Å²) in [6.45, 7) is 8.77. The predicted molar refractivity (Wildman–Crippen MR) is 73.0 cm³/mol. The maximum atomic E-state index is 12.4. The van der Waals surface area contributed by atoms with Crippen molar-refractivity contribution in [3.8, 4) is 0 Å². The van der Waals surface area contributed by atoms with Gasteiger partial charge >= 0.3 is 0 Å². The quantitative estimate of drug-likeness (QED) is 0.895. The van der Waals surface area contributed by atoms with Crippen LogP contribution in [0.2, 0.25) is 5.02 Å². The molecule has 0 aliphatic heterocycles. The first kappa shape index (κ1) is 15.1. The normalized spacial score (nSPS) is 11.7. The van der Waals surface area contributed by atoms with Gasteiger partial charge in [-0.1, -0.05) is 11.6 Å². The van der Waals surface area contributed by atoms with Gasteiger partial charge in [0.2, 0.25) is 0 Å². The van der Waals surface area contributed by atoms with E-state index in [1.54, 1.807) is 31.0 Å². The van der Waals surface area contributed by atoms with Crippen molar-refractivity contribution >= 4 is 17.5 Å². The largest absolute Gasteiger partial charge is 0.389 e. The Labute approximate surface area is 113 Å². The second kappa shape index (κ2) is 5.76. The van der Waals surface area contributed by atoms with Crippen molar-refractivity contribution < 1.29 is 9.90 Å². The van der Waals surface area contributed by atoms with Crippen molar-refractivity contribution in [3.63, 3.8) is 0 Å². The first-order valence-electron chi connectivity index (χ1n) is 6.15. The lowest BCUT2D eigenvalue weighted by Gasteiger charge is -2.28. The lowest BCUT2D eigenvalue weighted by Crippen LogP contribution is -2.42. The summed E-state index contributed by atoms with van der Waals surface area (Å²) in [5.41, 5.74) is -0.340. The van der Waals surface area contributed by atoms with E-state index in [1.807, 2.05) is 18.4 Å². The van der Waals surface area contributed by atoms with Crippen LogP contribution in [-0.4, -0.2) is 39.2 Å². The van der Waals surface area contributed by atoms with Crippen LogP contribution in [0.15, 0.2) is 12.3 Å². The monoisotopic (exact) mass is 272 g/mol. The Morgan fingerprint density at radius 1 is 1.50 bits per heavy atom. The van der Waals surface area contributed by atoms with Crippen LogP contribution < -0.4 is 0 Å². The molecule has 18 heavy (non-hydrogen) atoms. The van der Waals surface area contributed by atoms with Crippen molar-refractivity contribution in [2.24, 2.45) is 0 Å². The number of halogens is 1. The molecule has 4 nitrogen and oxygen atoms in total. The van der Waals surface area contributed by atoms with E-state index in [1.165, 1.54) is 0 Å². The van der Waals surface area contributed by atoms with Gasteiger partial charge in [-0.05, 0) is 33.8 Å². The van der Waals surface area contributed by atoms with Gasteiger partial charge in [-0.25, -0.2) is 0 Å². The van der Waals surface area contributed by atoms with Gasteiger partial charge in [-0.2, -0.15) is 0 Å². The molecule has 0 spiro atoms. The topological polar surface area (TPSA) is 45.5 Å². The summed E-state index contributed by atoms with van der Waals surface area (Å²) in [5, 5.41) is 10.4. The fraction of sp³-hybridized carbons (Fsp3) is 0.615. The van der Waals surface area contributed by atoms with Crippen LogP contribution in [0, 0.1) is 0 Å². The second-order valence-electron chi connectivity index (χ2n) is 4.96. The molecular weight excluding hydrogens is 252 g/mol. The molecule has 0 saturated carbocycles. The average Bonchev–Trinajstić information content (AvgIpc) is 2.65. The maximum absolute atomic E-state index is 12.4. The molecule has 0 radical (unpaired) electrons. The van der Waals surface area contributed by atoms with Crippen molar-refractivity contribution in [2.45, 2.75) is 39.8 Å². The summed E-state index contributed by atoms with van der Waals surface area (Å²) >= 11 is 5.93. The molecule has 0 unspecified atom stereocenters. The zero-order valence-corrected chi connectivity index (χ0v) is 12.2. The van der Waals surface area contributed by atoms with Gasteiger partial charge in [0, 0.05) is 25.8 Å². The molecule has 5 heteroatoms. The Hall–Kier alpha value is -1.00. The Morgan fingerprint density at radius 2 is 2.11 bits per heavy atom. The summed E-state index contributed by atoms with van der Waals surface area (Å²) in [6.07, 6.45) is 1.74. The van der Waals surface area contributed by atoms with Crippen LogP contribution in [0.4, 0.5) is 0 Å². The molecule has 0 aliphatic carbocycles. The molecule has 102 valence electrons. The van der Waals surface area contributed by atoms with E-state index in [0.29, 0.717) is 30.4 Å². The average molecular weight is 273 g/mol. The molecule has 1 heterocycles. The smallest absolute Gasteiger partial charge is 0.270 e. The minimum atomic E-state index is -0.904. The van der Waals surface area contributed by atoms with Gasteiger partial charge in [0.25, 0.3) is 5.91 Å². The summed E-state index contributed by atoms with van der Waals surface area (Å²) in [6, 6.07) is 1.67. The van der Waals surface area contributed by atoms with Gasteiger partial charge < -0.3 is 14.6 Å². The number of nitrogens with zero attached hydrogens (tertiary/aromatic N) is 2. The zero-order chi connectivity index (χ0) is 13.9. The number of carbonyl (C=O) groups is 1. The Balaban J connectivity index is 2.96. The second-order valence-corrected chi connectivity index (χ2v) is 5.40. The number of hydrogen-bond donors (Lipinski definition) is 1. The Bertz CT molecular complexity index is 421. The van der Waals surface area contributed by atoms with Crippen molar-refractivity contribution in [2.75, 3.05) is 13.1 Å². The van der Waals surface area contributed by atoms with Crippen LogP contribution in [0.25, 0.3) is 0 Å². The molecule has 1 rings (SSSR count). The lowest BCUT2D eigenvalue weighted by molar-refractivity contribution is 0.0309. The summed E-state index contributed by atoms with van der Waals surface area (Å²) < 4.78 is 1.82.